The highest BCUT2D eigenvalue weighted by Gasteiger charge is 2.39. The molecule has 0 spiro atoms. The number of nitrogens with one attached hydrogen (secondary N) is 2. The topological polar surface area (TPSA) is 50.4 Å². The zero-order chi connectivity index (χ0) is 14.4. The molecule has 112 valence electrons. The Labute approximate surface area is 124 Å². The molecule has 0 aliphatic carbocycles. The lowest BCUT2D eigenvalue weighted by atomic mass is 9.78. The largest absolute Gasteiger partial charge is 0.384 e. The van der Waals surface area contributed by atoms with E-state index in [2.05, 4.69) is 29.0 Å². The second kappa shape index (κ2) is 7.20. The van der Waals surface area contributed by atoms with Crippen LogP contribution in [0.5, 0.6) is 0 Å². The Kier molecular flexibility index (Phi) is 5.57. The summed E-state index contributed by atoms with van der Waals surface area (Å²) in [4.78, 5) is 13.9. The SMILES string of the molecule is COCC1(C(=O)NC(C)Cc2cccs2)CCNCC1. The molecule has 1 aromatic heterocycles. The molecule has 2 N–H and O–H groups in total. The third kappa shape index (κ3) is 3.81. The van der Waals surface area contributed by atoms with Crippen molar-refractivity contribution in [2.75, 3.05) is 26.8 Å². The molecule has 2 rings (SSSR count). The molecular weight excluding hydrogens is 272 g/mol. The van der Waals surface area contributed by atoms with Gasteiger partial charge in [-0.05, 0) is 44.3 Å². The van der Waals surface area contributed by atoms with E-state index >= 15 is 0 Å². The Morgan fingerprint density at radius 1 is 1.55 bits per heavy atom. The molecule has 1 amide bonds. The molecular formula is C15H24N2O2S. The number of thiophene rings is 1. The highest BCUT2D eigenvalue weighted by molar-refractivity contribution is 7.09. The van der Waals surface area contributed by atoms with Gasteiger partial charge in [0.05, 0.1) is 12.0 Å². The monoisotopic (exact) mass is 296 g/mol. The first-order chi connectivity index (χ1) is 9.66. The standard InChI is InChI=1S/C15H24N2O2S/c1-12(10-13-4-3-9-20-13)17-14(18)15(11-19-2)5-7-16-8-6-15/h3-4,9,12,16H,5-8,10-11H2,1-2H3,(H,17,18). The molecule has 0 bridgehead atoms. The summed E-state index contributed by atoms with van der Waals surface area (Å²) in [6.07, 6.45) is 2.58. The van der Waals surface area contributed by atoms with Gasteiger partial charge in [-0.3, -0.25) is 4.79 Å². The van der Waals surface area contributed by atoms with Gasteiger partial charge in [-0.2, -0.15) is 0 Å². The van der Waals surface area contributed by atoms with Crippen molar-refractivity contribution in [3.05, 3.63) is 22.4 Å². The van der Waals surface area contributed by atoms with Crippen LogP contribution in [0.3, 0.4) is 0 Å². The van der Waals surface area contributed by atoms with Gasteiger partial charge in [0.2, 0.25) is 5.91 Å². The summed E-state index contributed by atoms with van der Waals surface area (Å²) >= 11 is 1.74. The van der Waals surface area contributed by atoms with Crippen molar-refractivity contribution >= 4 is 17.2 Å². The summed E-state index contributed by atoms with van der Waals surface area (Å²) in [6.45, 7) is 4.34. The van der Waals surface area contributed by atoms with E-state index in [9.17, 15) is 4.79 Å². The minimum atomic E-state index is -0.357. The maximum atomic E-state index is 12.6. The van der Waals surface area contributed by atoms with Gasteiger partial charge >= 0.3 is 0 Å². The van der Waals surface area contributed by atoms with Crippen LogP contribution in [0.4, 0.5) is 0 Å². The van der Waals surface area contributed by atoms with Crippen LogP contribution in [-0.4, -0.2) is 38.8 Å². The van der Waals surface area contributed by atoms with Crippen LogP contribution in [0, 0.1) is 5.41 Å². The molecule has 0 saturated carbocycles. The number of ether oxygens (including phenoxy) is 1. The predicted octanol–water partition coefficient (Wildman–Crippen LogP) is 1.81. The fraction of sp³-hybridized carbons (Fsp3) is 0.667. The zero-order valence-electron chi connectivity index (χ0n) is 12.3. The average Bonchev–Trinajstić information content (AvgIpc) is 2.92. The van der Waals surface area contributed by atoms with Crippen LogP contribution < -0.4 is 10.6 Å². The number of hydrogen-bond donors (Lipinski definition) is 2. The third-order valence-corrected chi connectivity index (χ3v) is 4.83. The molecule has 1 unspecified atom stereocenters. The third-order valence-electron chi connectivity index (χ3n) is 3.93. The number of hydrogen-bond acceptors (Lipinski definition) is 4. The van der Waals surface area contributed by atoms with Gasteiger partial charge in [-0.1, -0.05) is 6.07 Å². The van der Waals surface area contributed by atoms with Crippen LogP contribution in [0.15, 0.2) is 17.5 Å². The number of rotatable bonds is 6. The summed E-state index contributed by atoms with van der Waals surface area (Å²) < 4.78 is 5.31. The van der Waals surface area contributed by atoms with Crippen molar-refractivity contribution in [2.45, 2.75) is 32.2 Å². The Morgan fingerprint density at radius 3 is 2.90 bits per heavy atom. The predicted molar refractivity (Wildman–Crippen MR) is 82.0 cm³/mol. The zero-order valence-corrected chi connectivity index (χ0v) is 13.1. The van der Waals surface area contributed by atoms with Crippen molar-refractivity contribution in [3.8, 4) is 0 Å². The van der Waals surface area contributed by atoms with Gasteiger partial charge in [-0.25, -0.2) is 0 Å². The van der Waals surface area contributed by atoms with Crippen LogP contribution in [0.25, 0.3) is 0 Å². The number of methoxy groups -OCH3 is 1. The second-order valence-electron chi connectivity index (χ2n) is 5.62. The van der Waals surface area contributed by atoms with Gasteiger partial charge in [0.1, 0.15) is 0 Å². The molecule has 20 heavy (non-hydrogen) atoms. The average molecular weight is 296 g/mol. The fourth-order valence-corrected chi connectivity index (χ4v) is 3.61. The summed E-state index contributed by atoms with van der Waals surface area (Å²) in [5.41, 5.74) is -0.357. The molecule has 1 aliphatic heterocycles. The van der Waals surface area contributed by atoms with Crippen molar-refractivity contribution < 1.29 is 9.53 Å². The van der Waals surface area contributed by atoms with Gasteiger partial charge in [0, 0.05) is 24.4 Å². The molecule has 0 radical (unpaired) electrons. The number of amides is 1. The molecule has 0 aromatic carbocycles. The Morgan fingerprint density at radius 2 is 2.30 bits per heavy atom. The lowest BCUT2D eigenvalue weighted by Gasteiger charge is -2.36. The van der Waals surface area contributed by atoms with E-state index in [-0.39, 0.29) is 17.4 Å². The van der Waals surface area contributed by atoms with Crippen molar-refractivity contribution in [1.82, 2.24) is 10.6 Å². The van der Waals surface area contributed by atoms with E-state index < -0.39 is 0 Å². The minimum absolute atomic E-state index is 0.143. The fourth-order valence-electron chi connectivity index (χ4n) is 2.78. The lowest BCUT2D eigenvalue weighted by molar-refractivity contribution is -0.136. The Hall–Kier alpha value is -0.910. The summed E-state index contributed by atoms with van der Waals surface area (Å²) in [5.74, 6) is 0.143. The maximum Gasteiger partial charge on any atom is 0.228 e. The number of piperidine rings is 1. The van der Waals surface area contributed by atoms with Crippen LogP contribution >= 0.6 is 11.3 Å². The molecule has 1 aliphatic rings. The van der Waals surface area contributed by atoms with Gasteiger partial charge in [0.15, 0.2) is 0 Å². The molecule has 5 heteroatoms. The molecule has 1 aromatic rings. The molecule has 1 fully saturated rings. The molecule has 2 heterocycles. The van der Waals surface area contributed by atoms with Gasteiger partial charge in [-0.15, -0.1) is 11.3 Å². The minimum Gasteiger partial charge on any atom is -0.384 e. The summed E-state index contributed by atoms with van der Waals surface area (Å²) in [6, 6.07) is 4.32. The molecule has 4 nitrogen and oxygen atoms in total. The highest BCUT2D eigenvalue weighted by atomic mass is 32.1. The van der Waals surface area contributed by atoms with E-state index in [1.54, 1.807) is 18.4 Å². The van der Waals surface area contributed by atoms with E-state index in [0.717, 1.165) is 32.4 Å². The number of carbonyl (C=O) groups is 1. The first-order valence-electron chi connectivity index (χ1n) is 7.19. The highest BCUT2D eigenvalue weighted by Crippen LogP contribution is 2.29. The number of carbonyl (C=O) groups excluding carboxylic acids is 1. The van der Waals surface area contributed by atoms with Crippen LogP contribution in [-0.2, 0) is 16.0 Å². The van der Waals surface area contributed by atoms with E-state index in [0.29, 0.717) is 6.61 Å². The van der Waals surface area contributed by atoms with Crippen LogP contribution in [0.1, 0.15) is 24.6 Å². The van der Waals surface area contributed by atoms with E-state index in [4.69, 9.17) is 4.74 Å². The van der Waals surface area contributed by atoms with Crippen molar-refractivity contribution in [3.63, 3.8) is 0 Å². The van der Waals surface area contributed by atoms with Gasteiger partial charge < -0.3 is 15.4 Å². The van der Waals surface area contributed by atoms with Crippen molar-refractivity contribution in [2.24, 2.45) is 5.41 Å². The molecule has 1 atom stereocenters. The molecule has 1 saturated heterocycles. The van der Waals surface area contributed by atoms with E-state index in [1.165, 1.54) is 4.88 Å². The Balaban J connectivity index is 1.93. The maximum absolute atomic E-state index is 12.6. The second-order valence-corrected chi connectivity index (χ2v) is 6.65. The van der Waals surface area contributed by atoms with Gasteiger partial charge in [0.25, 0.3) is 0 Å². The smallest absolute Gasteiger partial charge is 0.228 e. The quantitative estimate of drug-likeness (QED) is 0.842. The van der Waals surface area contributed by atoms with Crippen molar-refractivity contribution in [1.29, 1.82) is 0 Å². The van der Waals surface area contributed by atoms with Crippen LogP contribution in [0.2, 0.25) is 0 Å². The first kappa shape index (κ1) is 15.5. The van der Waals surface area contributed by atoms with E-state index in [1.807, 2.05) is 6.07 Å². The lowest BCUT2D eigenvalue weighted by Crippen LogP contribution is -2.52. The summed E-state index contributed by atoms with van der Waals surface area (Å²) in [7, 11) is 1.67. The Bertz CT molecular complexity index is 408. The normalized spacial score (nSPS) is 19.5. The first-order valence-corrected chi connectivity index (χ1v) is 8.07. The summed E-state index contributed by atoms with van der Waals surface area (Å²) in [5, 5.41) is 8.55.